The van der Waals surface area contributed by atoms with Gasteiger partial charge in [-0.2, -0.15) is 0 Å². The maximum absolute atomic E-state index is 12.4. The Bertz CT molecular complexity index is 776. The standard InChI is InChI=1S/C14H12BrNO4S/c15-11-3-1-2-4-14(11)21(17,18)16-10-5-6-12-13(9-10)20-8-7-19-12/h1-6,9,16H,7-8H2. The lowest BCUT2D eigenvalue weighted by atomic mass is 10.3. The zero-order valence-corrected chi connectivity index (χ0v) is 13.3. The molecule has 0 spiro atoms. The molecule has 110 valence electrons. The summed E-state index contributed by atoms with van der Waals surface area (Å²) in [6, 6.07) is 11.6. The van der Waals surface area contributed by atoms with Gasteiger partial charge in [-0.15, -0.1) is 0 Å². The number of benzene rings is 2. The first-order valence-corrected chi connectivity index (χ1v) is 8.51. The van der Waals surface area contributed by atoms with Gasteiger partial charge in [0.05, 0.1) is 5.69 Å². The summed E-state index contributed by atoms with van der Waals surface area (Å²) in [5, 5.41) is 0. The molecular weight excluding hydrogens is 358 g/mol. The Morgan fingerprint density at radius 2 is 1.71 bits per heavy atom. The van der Waals surface area contributed by atoms with Crippen LogP contribution in [0.1, 0.15) is 0 Å². The van der Waals surface area contributed by atoms with Crippen molar-refractivity contribution < 1.29 is 17.9 Å². The number of halogens is 1. The topological polar surface area (TPSA) is 64.6 Å². The molecule has 5 nitrogen and oxygen atoms in total. The van der Waals surface area contributed by atoms with Gasteiger partial charge < -0.3 is 9.47 Å². The second kappa shape index (κ2) is 5.57. The van der Waals surface area contributed by atoms with E-state index in [0.717, 1.165) is 0 Å². The number of sulfonamides is 1. The number of fused-ring (bicyclic) bond motifs is 1. The van der Waals surface area contributed by atoms with E-state index in [0.29, 0.717) is 34.9 Å². The van der Waals surface area contributed by atoms with Crippen LogP contribution in [0.5, 0.6) is 11.5 Å². The maximum Gasteiger partial charge on any atom is 0.263 e. The Balaban J connectivity index is 1.91. The van der Waals surface area contributed by atoms with Crippen molar-refractivity contribution >= 4 is 31.6 Å². The van der Waals surface area contributed by atoms with E-state index < -0.39 is 10.0 Å². The number of hydrogen-bond acceptors (Lipinski definition) is 4. The number of anilines is 1. The molecule has 0 saturated carbocycles. The Hall–Kier alpha value is -1.73. The van der Waals surface area contributed by atoms with E-state index in [-0.39, 0.29) is 4.90 Å². The van der Waals surface area contributed by atoms with Crippen molar-refractivity contribution in [2.45, 2.75) is 4.90 Å². The van der Waals surface area contributed by atoms with Crippen molar-refractivity contribution in [1.82, 2.24) is 0 Å². The van der Waals surface area contributed by atoms with E-state index in [2.05, 4.69) is 20.7 Å². The molecule has 0 bridgehead atoms. The molecule has 0 radical (unpaired) electrons. The van der Waals surface area contributed by atoms with Gasteiger partial charge in [-0.3, -0.25) is 4.72 Å². The number of rotatable bonds is 3. The predicted molar refractivity (Wildman–Crippen MR) is 82.4 cm³/mol. The highest BCUT2D eigenvalue weighted by Gasteiger charge is 2.19. The molecule has 1 N–H and O–H groups in total. The fourth-order valence-corrected chi connectivity index (χ4v) is 4.03. The molecule has 0 unspecified atom stereocenters. The van der Waals surface area contributed by atoms with Crippen LogP contribution < -0.4 is 14.2 Å². The zero-order valence-electron chi connectivity index (χ0n) is 10.9. The van der Waals surface area contributed by atoms with E-state index in [1.807, 2.05) is 0 Å². The molecular formula is C14H12BrNO4S. The Morgan fingerprint density at radius 1 is 1.00 bits per heavy atom. The molecule has 0 aromatic heterocycles. The van der Waals surface area contributed by atoms with Gasteiger partial charge in [0.25, 0.3) is 10.0 Å². The van der Waals surface area contributed by atoms with Gasteiger partial charge in [-0.05, 0) is 40.2 Å². The van der Waals surface area contributed by atoms with E-state index in [1.165, 1.54) is 6.07 Å². The van der Waals surface area contributed by atoms with Crippen molar-refractivity contribution in [2.75, 3.05) is 17.9 Å². The first-order valence-electron chi connectivity index (χ1n) is 6.23. The fraction of sp³-hybridized carbons (Fsp3) is 0.143. The van der Waals surface area contributed by atoms with Crippen molar-refractivity contribution in [2.24, 2.45) is 0 Å². The number of hydrogen-bond donors (Lipinski definition) is 1. The third-order valence-corrected chi connectivity index (χ3v) is 5.31. The summed E-state index contributed by atoms with van der Waals surface area (Å²) >= 11 is 3.24. The third-order valence-electron chi connectivity index (χ3n) is 2.92. The van der Waals surface area contributed by atoms with Gasteiger partial charge in [-0.25, -0.2) is 8.42 Å². The normalized spacial score (nSPS) is 13.8. The predicted octanol–water partition coefficient (Wildman–Crippen LogP) is 3.02. The number of ether oxygens (including phenoxy) is 2. The van der Waals surface area contributed by atoms with Crippen LogP contribution in [0, 0.1) is 0 Å². The van der Waals surface area contributed by atoms with Crippen LogP contribution in [0.15, 0.2) is 51.8 Å². The first-order chi connectivity index (χ1) is 10.1. The summed E-state index contributed by atoms with van der Waals surface area (Å²) in [4.78, 5) is 0.180. The maximum atomic E-state index is 12.4. The molecule has 0 atom stereocenters. The fourth-order valence-electron chi connectivity index (χ4n) is 1.98. The molecule has 0 saturated heterocycles. The van der Waals surface area contributed by atoms with Gasteiger partial charge in [0.2, 0.25) is 0 Å². The van der Waals surface area contributed by atoms with Crippen LogP contribution in [0.2, 0.25) is 0 Å². The van der Waals surface area contributed by atoms with E-state index in [1.54, 1.807) is 36.4 Å². The summed E-state index contributed by atoms with van der Waals surface area (Å²) in [7, 11) is -3.66. The summed E-state index contributed by atoms with van der Waals surface area (Å²) in [5.41, 5.74) is 0.426. The summed E-state index contributed by atoms with van der Waals surface area (Å²) < 4.78 is 38.6. The van der Waals surface area contributed by atoms with Gasteiger partial charge in [0, 0.05) is 10.5 Å². The first kappa shape index (κ1) is 14.2. The molecule has 0 aliphatic carbocycles. The van der Waals surface area contributed by atoms with Crippen LogP contribution in [-0.2, 0) is 10.0 Å². The number of nitrogens with one attached hydrogen (secondary N) is 1. The van der Waals surface area contributed by atoms with Crippen LogP contribution in [0.25, 0.3) is 0 Å². The van der Waals surface area contributed by atoms with Crippen LogP contribution in [0.3, 0.4) is 0 Å². The minimum atomic E-state index is -3.66. The molecule has 2 aromatic rings. The quantitative estimate of drug-likeness (QED) is 0.902. The second-order valence-corrected chi connectivity index (χ2v) is 6.90. The lowest BCUT2D eigenvalue weighted by molar-refractivity contribution is 0.171. The molecule has 3 rings (SSSR count). The summed E-state index contributed by atoms with van der Waals surface area (Å²) in [6.07, 6.45) is 0. The van der Waals surface area contributed by atoms with Crippen LogP contribution >= 0.6 is 15.9 Å². The van der Waals surface area contributed by atoms with E-state index >= 15 is 0 Å². The van der Waals surface area contributed by atoms with Crippen molar-refractivity contribution in [3.05, 3.63) is 46.9 Å². The molecule has 0 amide bonds. The van der Waals surface area contributed by atoms with Crippen molar-refractivity contribution in [3.8, 4) is 11.5 Å². The lowest BCUT2D eigenvalue weighted by Gasteiger charge is -2.19. The summed E-state index contributed by atoms with van der Waals surface area (Å²) in [6.45, 7) is 0.947. The van der Waals surface area contributed by atoms with Crippen molar-refractivity contribution in [1.29, 1.82) is 0 Å². The second-order valence-electron chi connectivity index (χ2n) is 4.39. The van der Waals surface area contributed by atoms with E-state index in [4.69, 9.17) is 9.47 Å². The lowest BCUT2D eigenvalue weighted by Crippen LogP contribution is -2.17. The Labute approximate surface area is 131 Å². The van der Waals surface area contributed by atoms with Gasteiger partial charge in [-0.1, -0.05) is 12.1 Å². The minimum Gasteiger partial charge on any atom is -0.486 e. The molecule has 0 fully saturated rings. The monoisotopic (exact) mass is 369 g/mol. The molecule has 1 aliphatic heterocycles. The van der Waals surface area contributed by atoms with Gasteiger partial charge >= 0.3 is 0 Å². The Morgan fingerprint density at radius 3 is 2.48 bits per heavy atom. The third kappa shape index (κ3) is 2.98. The average Bonchev–Trinajstić information content (AvgIpc) is 2.47. The van der Waals surface area contributed by atoms with Crippen LogP contribution in [0.4, 0.5) is 5.69 Å². The van der Waals surface area contributed by atoms with E-state index in [9.17, 15) is 8.42 Å². The van der Waals surface area contributed by atoms with Crippen LogP contribution in [-0.4, -0.2) is 21.6 Å². The molecule has 1 heterocycles. The van der Waals surface area contributed by atoms with Crippen molar-refractivity contribution in [3.63, 3.8) is 0 Å². The molecule has 21 heavy (non-hydrogen) atoms. The van der Waals surface area contributed by atoms with Gasteiger partial charge in [0.15, 0.2) is 11.5 Å². The zero-order chi connectivity index (χ0) is 14.9. The average molecular weight is 370 g/mol. The SMILES string of the molecule is O=S(=O)(Nc1ccc2c(c1)OCCO2)c1ccccc1Br. The molecule has 2 aromatic carbocycles. The highest BCUT2D eigenvalue weighted by molar-refractivity contribution is 9.10. The molecule has 1 aliphatic rings. The Kier molecular flexibility index (Phi) is 3.77. The largest absolute Gasteiger partial charge is 0.486 e. The minimum absolute atomic E-state index is 0.180. The summed E-state index contributed by atoms with van der Waals surface area (Å²) in [5.74, 6) is 1.15. The smallest absolute Gasteiger partial charge is 0.263 e. The highest BCUT2D eigenvalue weighted by atomic mass is 79.9. The van der Waals surface area contributed by atoms with Gasteiger partial charge in [0.1, 0.15) is 18.1 Å². The highest BCUT2D eigenvalue weighted by Crippen LogP contribution is 2.33. The molecule has 7 heteroatoms.